The molecule has 3 rings (SSSR count). The highest BCUT2D eigenvalue weighted by atomic mass is 32.2. The van der Waals surface area contributed by atoms with Crippen LogP contribution in [-0.4, -0.2) is 63.8 Å². The lowest BCUT2D eigenvalue weighted by Gasteiger charge is -2.29. The average molecular weight is 381 g/mol. The molecule has 2 fully saturated rings. The quantitative estimate of drug-likeness (QED) is 0.811. The monoisotopic (exact) mass is 381 g/mol. The molecular weight excluding hydrogens is 354 g/mol. The Morgan fingerprint density at radius 1 is 1.08 bits per heavy atom. The van der Waals surface area contributed by atoms with Gasteiger partial charge in [0.2, 0.25) is 15.9 Å². The predicted octanol–water partition coefficient (Wildman–Crippen LogP) is 1.67. The van der Waals surface area contributed by atoms with Crippen molar-refractivity contribution in [2.75, 3.05) is 55.4 Å². The molecule has 0 unspecified atom stereocenters. The SMILES string of the molecule is O=C(CCS(=O)(=O)N1CCOCC1)Nc1cccc(N2CCCCC2)c1. The largest absolute Gasteiger partial charge is 0.379 e. The maximum atomic E-state index is 12.3. The fraction of sp³-hybridized carbons (Fsp3) is 0.611. The third-order valence-electron chi connectivity index (χ3n) is 4.80. The van der Waals surface area contributed by atoms with Crippen molar-refractivity contribution >= 4 is 27.3 Å². The third-order valence-corrected chi connectivity index (χ3v) is 6.67. The summed E-state index contributed by atoms with van der Waals surface area (Å²) in [7, 11) is -3.41. The Hall–Kier alpha value is -1.64. The van der Waals surface area contributed by atoms with Crippen molar-refractivity contribution in [1.82, 2.24) is 4.31 Å². The van der Waals surface area contributed by atoms with Gasteiger partial charge in [-0.1, -0.05) is 6.07 Å². The van der Waals surface area contributed by atoms with E-state index >= 15 is 0 Å². The number of carbonyl (C=O) groups excluding carboxylic acids is 1. The number of benzene rings is 1. The van der Waals surface area contributed by atoms with Gasteiger partial charge in [0.1, 0.15) is 0 Å². The Labute approximate surface area is 155 Å². The first-order valence-corrected chi connectivity index (χ1v) is 10.9. The van der Waals surface area contributed by atoms with Gasteiger partial charge in [-0.05, 0) is 37.5 Å². The molecule has 0 spiro atoms. The van der Waals surface area contributed by atoms with Crippen molar-refractivity contribution in [3.63, 3.8) is 0 Å². The Balaban J connectivity index is 1.53. The van der Waals surface area contributed by atoms with Crippen LogP contribution < -0.4 is 10.2 Å². The molecule has 1 aromatic carbocycles. The van der Waals surface area contributed by atoms with Crippen LogP contribution in [0, 0.1) is 0 Å². The van der Waals surface area contributed by atoms with E-state index in [0.29, 0.717) is 32.0 Å². The zero-order valence-corrected chi connectivity index (χ0v) is 15.8. The molecule has 144 valence electrons. The molecule has 0 radical (unpaired) electrons. The Morgan fingerprint density at radius 2 is 1.81 bits per heavy atom. The van der Waals surface area contributed by atoms with Crippen LogP contribution in [0.25, 0.3) is 0 Å². The van der Waals surface area contributed by atoms with Gasteiger partial charge in [-0.2, -0.15) is 4.31 Å². The molecule has 1 amide bonds. The highest BCUT2D eigenvalue weighted by Gasteiger charge is 2.24. The fourth-order valence-corrected chi connectivity index (χ4v) is 4.74. The lowest BCUT2D eigenvalue weighted by molar-refractivity contribution is -0.115. The second-order valence-corrected chi connectivity index (χ2v) is 8.81. The number of anilines is 2. The van der Waals surface area contributed by atoms with Gasteiger partial charge in [-0.25, -0.2) is 8.42 Å². The lowest BCUT2D eigenvalue weighted by atomic mass is 10.1. The van der Waals surface area contributed by atoms with Crippen molar-refractivity contribution in [1.29, 1.82) is 0 Å². The second kappa shape index (κ2) is 8.83. The van der Waals surface area contributed by atoms with E-state index in [1.807, 2.05) is 24.3 Å². The number of nitrogens with zero attached hydrogens (tertiary/aromatic N) is 2. The summed E-state index contributed by atoms with van der Waals surface area (Å²) in [6, 6.07) is 7.76. The smallest absolute Gasteiger partial charge is 0.225 e. The number of nitrogens with one attached hydrogen (secondary N) is 1. The van der Waals surface area contributed by atoms with E-state index < -0.39 is 10.0 Å². The van der Waals surface area contributed by atoms with Gasteiger partial charge in [0.15, 0.2) is 0 Å². The number of hydrogen-bond acceptors (Lipinski definition) is 5. The first-order chi connectivity index (χ1) is 12.5. The molecule has 1 aromatic rings. The standard InChI is InChI=1S/C18H27N3O4S/c22-18(7-14-26(23,24)21-10-12-25-13-11-21)19-16-5-4-6-17(15-16)20-8-2-1-3-9-20/h4-6,15H,1-3,7-14H2,(H,19,22). The van der Waals surface area contributed by atoms with Gasteiger partial charge in [-0.3, -0.25) is 4.79 Å². The number of ether oxygens (including phenoxy) is 1. The van der Waals surface area contributed by atoms with Gasteiger partial charge in [0.05, 0.1) is 19.0 Å². The van der Waals surface area contributed by atoms with E-state index in [1.165, 1.54) is 23.6 Å². The molecule has 2 heterocycles. The summed E-state index contributed by atoms with van der Waals surface area (Å²) in [5.74, 6) is -0.456. The van der Waals surface area contributed by atoms with Crippen LogP contribution >= 0.6 is 0 Å². The summed E-state index contributed by atoms with van der Waals surface area (Å²) in [5.41, 5.74) is 1.81. The molecule has 2 saturated heterocycles. The molecule has 0 bridgehead atoms. The van der Waals surface area contributed by atoms with Crippen LogP contribution in [-0.2, 0) is 19.6 Å². The van der Waals surface area contributed by atoms with Crippen molar-refractivity contribution in [3.8, 4) is 0 Å². The van der Waals surface area contributed by atoms with Gasteiger partial charge in [0.25, 0.3) is 0 Å². The molecule has 0 aromatic heterocycles. The summed E-state index contributed by atoms with van der Waals surface area (Å²) in [6.45, 7) is 3.62. The van der Waals surface area contributed by atoms with E-state index in [2.05, 4.69) is 10.2 Å². The molecule has 2 aliphatic heterocycles. The minimum Gasteiger partial charge on any atom is -0.379 e. The predicted molar refractivity (Wildman–Crippen MR) is 102 cm³/mol. The summed E-state index contributed by atoms with van der Waals surface area (Å²) < 4.78 is 31.1. The Bertz CT molecular complexity index is 711. The van der Waals surface area contributed by atoms with Crippen LogP contribution in [0.4, 0.5) is 11.4 Å². The lowest BCUT2D eigenvalue weighted by Crippen LogP contribution is -2.42. The fourth-order valence-electron chi connectivity index (χ4n) is 3.33. The maximum Gasteiger partial charge on any atom is 0.225 e. The number of amides is 1. The van der Waals surface area contributed by atoms with Crippen molar-refractivity contribution < 1.29 is 17.9 Å². The topological polar surface area (TPSA) is 79.0 Å². The molecule has 0 atom stereocenters. The van der Waals surface area contributed by atoms with Crippen LogP contribution in [0.2, 0.25) is 0 Å². The number of hydrogen-bond donors (Lipinski definition) is 1. The highest BCUT2D eigenvalue weighted by molar-refractivity contribution is 7.89. The zero-order valence-electron chi connectivity index (χ0n) is 15.0. The first kappa shape index (κ1) is 19.1. The minimum atomic E-state index is -3.41. The Kier molecular flexibility index (Phi) is 6.50. The van der Waals surface area contributed by atoms with Gasteiger partial charge >= 0.3 is 0 Å². The first-order valence-electron chi connectivity index (χ1n) is 9.25. The number of sulfonamides is 1. The van der Waals surface area contributed by atoms with E-state index in [9.17, 15) is 13.2 Å². The molecule has 2 aliphatic rings. The molecule has 1 N–H and O–H groups in total. The van der Waals surface area contributed by atoms with Crippen molar-refractivity contribution in [2.24, 2.45) is 0 Å². The van der Waals surface area contributed by atoms with Crippen molar-refractivity contribution in [3.05, 3.63) is 24.3 Å². The maximum absolute atomic E-state index is 12.3. The average Bonchev–Trinajstić information content (AvgIpc) is 2.68. The Morgan fingerprint density at radius 3 is 2.54 bits per heavy atom. The molecule has 0 saturated carbocycles. The van der Waals surface area contributed by atoms with E-state index in [0.717, 1.165) is 18.8 Å². The molecule has 0 aliphatic carbocycles. The molecule has 8 heteroatoms. The number of piperidine rings is 1. The van der Waals surface area contributed by atoms with Crippen LogP contribution in [0.3, 0.4) is 0 Å². The summed E-state index contributed by atoms with van der Waals surface area (Å²) in [4.78, 5) is 14.5. The van der Waals surface area contributed by atoms with E-state index in [1.54, 1.807) is 0 Å². The molecule has 26 heavy (non-hydrogen) atoms. The second-order valence-electron chi connectivity index (χ2n) is 6.72. The van der Waals surface area contributed by atoms with Crippen LogP contribution in [0.1, 0.15) is 25.7 Å². The number of morpholine rings is 1. The molecular formula is C18H27N3O4S. The number of rotatable bonds is 6. The zero-order chi connectivity index (χ0) is 18.4. The van der Waals surface area contributed by atoms with E-state index in [-0.39, 0.29) is 18.1 Å². The van der Waals surface area contributed by atoms with Gasteiger partial charge < -0.3 is 15.0 Å². The van der Waals surface area contributed by atoms with Crippen LogP contribution in [0.15, 0.2) is 24.3 Å². The van der Waals surface area contributed by atoms with Crippen LogP contribution in [0.5, 0.6) is 0 Å². The molecule has 7 nitrogen and oxygen atoms in total. The summed E-state index contributed by atoms with van der Waals surface area (Å²) in [5, 5.41) is 2.82. The summed E-state index contributed by atoms with van der Waals surface area (Å²) in [6.07, 6.45) is 3.60. The van der Waals surface area contributed by atoms with Gasteiger partial charge in [0, 0.05) is 44.0 Å². The highest BCUT2D eigenvalue weighted by Crippen LogP contribution is 2.23. The minimum absolute atomic E-state index is 0.0480. The summed E-state index contributed by atoms with van der Waals surface area (Å²) >= 11 is 0. The van der Waals surface area contributed by atoms with Crippen molar-refractivity contribution in [2.45, 2.75) is 25.7 Å². The number of carbonyl (C=O) groups is 1. The van der Waals surface area contributed by atoms with Gasteiger partial charge in [-0.15, -0.1) is 0 Å². The normalized spacial score (nSPS) is 19.3. The third kappa shape index (κ3) is 5.18. The van der Waals surface area contributed by atoms with E-state index in [4.69, 9.17) is 4.74 Å².